The number of nitrogens with zero attached hydrogens (tertiary/aromatic N) is 2. The molecule has 0 bridgehead atoms. The lowest BCUT2D eigenvalue weighted by atomic mass is 9.83. The Morgan fingerprint density at radius 1 is 1.43 bits per heavy atom. The van der Waals surface area contributed by atoms with Gasteiger partial charge in [-0.1, -0.05) is 24.3 Å². The lowest BCUT2D eigenvalue weighted by Gasteiger charge is -2.25. The molecule has 0 radical (unpaired) electrons. The third-order valence-corrected chi connectivity index (χ3v) is 3.97. The Morgan fingerprint density at radius 2 is 2.10 bits per heavy atom. The van der Waals surface area contributed by atoms with Crippen LogP contribution in [0, 0.1) is 11.3 Å². The number of carbonyl (C=O) groups excluding carboxylic acids is 1. The van der Waals surface area contributed by atoms with Crippen molar-refractivity contribution in [3.05, 3.63) is 35.4 Å². The van der Waals surface area contributed by atoms with Gasteiger partial charge in [0.25, 0.3) is 0 Å². The molecular formula is C17H22N2O2. The Labute approximate surface area is 126 Å². The SMILES string of the molecule is COC(=O)CN(Cc1ccccc1C(C)(C)C#N)C1CC1. The molecule has 4 nitrogen and oxygen atoms in total. The van der Waals surface area contributed by atoms with Gasteiger partial charge in [0.15, 0.2) is 0 Å². The number of hydrogen-bond donors (Lipinski definition) is 0. The predicted octanol–water partition coefficient (Wildman–Crippen LogP) is 2.63. The molecular weight excluding hydrogens is 264 g/mol. The van der Waals surface area contributed by atoms with Crippen LogP contribution in [0.3, 0.4) is 0 Å². The summed E-state index contributed by atoms with van der Waals surface area (Å²) < 4.78 is 4.78. The van der Waals surface area contributed by atoms with Crippen LogP contribution in [0.5, 0.6) is 0 Å². The second kappa shape index (κ2) is 6.28. The number of ether oxygens (including phenoxy) is 1. The molecule has 1 aromatic rings. The zero-order valence-electron chi connectivity index (χ0n) is 12.9. The topological polar surface area (TPSA) is 53.3 Å². The predicted molar refractivity (Wildman–Crippen MR) is 80.5 cm³/mol. The number of benzene rings is 1. The van der Waals surface area contributed by atoms with Gasteiger partial charge in [-0.2, -0.15) is 5.26 Å². The van der Waals surface area contributed by atoms with Gasteiger partial charge in [-0.3, -0.25) is 9.69 Å². The molecule has 0 aromatic heterocycles. The smallest absolute Gasteiger partial charge is 0.319 e. The maximum atomic E-state index is 11.6. The standard InChI is InChI=1S/C17H22N2O2/c1-17(2,12-18)15-7-5-4-6-13(15)10-19(14-8-9-14)11-16(20)21-3/h4-7,14H,8-11H2,1-3H3. The fourth-order valence-electron chi connectivity index (χ4n) is 2.53. The number of carbonyl (C=O) groups is 1. The second-order valence-corrected chi connectivity index (χ2v) is 6.11. The fourth-order valence-corrected chi connectivity index (χ4v) is 2.53. The first kappa shape index (κ1) is 15.5. The summed E-state index contributed by atoms with van der Waals surface area (Å²) in [5, 5.41) is 9.37. The molecule has 112 valence electrons. The molecule has 2 rings (SSSR count). The van der Waals surface area contributed by atoms with Gasteiger partial charge in [-0.15, -0.1) is 0 Å². The van der Waals surface area contributed by atoms with Crippen LogP contribution >= 0.6 is 0 Å². The highest BCUT2D eigenvalue weighted by molar-refractivity contribution is 5.71. The van der Waals surface area contributed by atoms with Gasteiger partial charge in [-0.25, -0.2) is 0 Å². The Balaban J connectivity index is 2.21. The first-order chi connectivity index (χ1) is 9.97. The van der Waals surface area contributed by atoms with E-state index in [2.05, 4.69) is 11.0 Å². The molecule has 0 unspecified atom stereocenters. The summed E-state index contributed by atoms with van der Waals surface area (Å²) >= 11 is 0. The van der Waals surface area contributed by atoms with Crippen LogP contribution in [0.2, 0.25) is 0 Å². The summed E-state index contributed by atoms with van der Waals surface area (Å²) in [6, 6.07) is 10.8. The van der Waals surface area contributed by atoms with Crippen molar-refractivity contribution in [1.82, 2.24) is 4.90 Å². The minimum Gasteiger partial charge on any atom is -0.468 e. The van der Waals surface area contributed by atoms with Crippen LogP contribution in [0.4, 0.5) is 0 Å². The van der Waals surface area contributed by atoms with Crippen molar-refractivity contribution >= 4 is 5.97 Å². The average molecular weight is 286 g/mol. The molecule has 0 amide bonds. The molecule has 1 fully saturated rings. The van der Waals surface area contributed by atoms with Crippen molar-refractivity contribution in [3.63, 3.8) is 0 Å². The van der Waals surface area contributed by atoms with Crippen molar-refractivity contribution < 1.29 is 9.53 Å². The third-order valence-electron chi connectivity index (χ3n) is 3.97. The van der Waals surface area contributed by atoms with E-state index in [4.69, 9.17) is 4.74 Å². The molecule has 21 heavy (non-hydrogen) atoms. The second-order valence-electron chi connectivity index (χ2n) is 6.11. The molecule has 1 aliphatic rings. The van der Waals surface area contributed by atoms with E-state index >= 15 is 0 Å². The van der Waals surface area contributed by atoms with Crippen molar-refractivity contribution in [2.24, 2.45) is 0 Å². The monoisotopic (exact) mass is 286 g/mol. The van der Waals surface area contributed by atoms with Crippen molar-refractivity contribution in [1.29, 1.82) is 5.26 Å². The first-order valence-corrected chi connectivity index (χ1v) is 7.28. The van der Waals surface area contributed by atoms with Gasteiger partial charge in [0.2, 0.25) is 0 Å². The fraction of sp³-hybridized carbons (Fsp3) is 0.529. The van der Waals surface area contributed by atoms with Crippen LogP contribution in [0.15, 0.2) is 24.3 Å². The number of rotatable bonds is 6. The van der Waals surface area contributed by atoms with E-state index in [0.717, 1.165) is 24.0 Å². The highest BCUT2D eigenvalue weighted by atomic mass is 16.5. The van der Waals surface area contributed by atoms with E-state index < -0.39 is 5.41 Å². The summed E-state index contributed by atoms with van der Waals surface area (Å²) in [7, 11) is 1.42. The highest BCUT2D eigenvalue weighted by Gasteiger charge is 2.32. The van der Waals surface area contributed by atoms with Crippen LogP contribution in [0.25, 0.3) is 0 Å². The summed E-state index contributed by atoms with van der Waals surface area (Å²) in [5.41, 5.74) is 1.61. The molecule has 0 heterocycles. The normalized spacial score (nSPS) is 14.8. The van der Waals surface area contributed by atoms with Crippen LogP contribution in [0.1, 0.15) is 37.8 Å². The lowest BCUT2D eigenvalue weighted by molar-refractivity contribution is -0.142. The van der Waals surface area contributed by atoms with Gasteiger partial charge in [0.1, 0.15) is 0 Å². The van der Waals surface area contributed by atoms with Crippen molar-refractivity contribution in [2.75, 3.05) is 13.7 Å². The minimum atomic E-state index is -0.531. The van der Waals surface area contributed by atoms with Crippen molar-refractivity contribution in [3.8, 4) is 6.07 Å². The summed E-state index contributed by atoms with van der Waals surface area (Å²) in [5.74, 6) is -0.209. The van der Waals surface area contributed by atoms with Gasteiger partial charge in [-0.05, 0) is 37.8 Å². The number of nitriles is 1. The van der Waals surface area contributed by atoms with E-state index in [-0.39, 0.29) is 5.97 Å². The molecule has 0 saturated heterocycles. The largest absolute Gasteiger partial charge is 0.468 e. The average Bonchev–Trinajstić information content (AvgIpc) is 3.31. The Morgan fingerprint density at radius 3 is 2.67 bits per heavy atom. The molecule has 1 aromatic carbocycles. The zero-order valence-corrected chi connectivity index (χ0v) is 12.9. The summed E-state index contributed by atoms with van der Waals surface area (Å²) in [4.78, 5) is 13.7. The number of methoxy groups -OCH3 is 1. The van der Waals surface area contributed by atoms with Crippen LogP contribution in [-0.4, -0.2) is 30.6 Å². The number of esters is 1. The zero-order chi connectivity index (χ0) is 15.5. The van der Waals surface area contributed by atoms with Gasteiger partial charge < -0.3 is 4.74 Å². The maximum absolute atomic E-state index is 11.6. The van der Waals surface area contributed by atoms with Gasteiger partial charge in [0.05, 0.1) is 25.1 Å². The highest BCUT2D eigenvalue weighted by Crippen LogP contribution is 2.31. The van der Waals surface area contributed by atoms with E-state index in [9.17, 15) is 10.1 Å². The maximum Gasteiger partial charge on any atom is 0.319 e. The van der Waals surface area contributed by atoms with Gasteiger partial charge >= 0.3 is 5.97 Å². The van der Waals surface area contributed by atoms with E-state index in [1.165, 1.54) is 7.11 Å². The van der Waals surface area contributed by atoms with E-state index in [1.807, 2.05) is 38.1 Å². The number of hydrogen-bond acceptors (Lipinski definition) is 4. The Bertz CT molecular complexity index is 556. The molecule has 0 atom stereocenters. The molecule has 1 saturated carbocycles. The molecule has 0 aliphatic heterocycles. The quantitative estimate of drug-likeness (QED) is 0.754. The Hall–Kier alpha value is -1.86. The summed E-state index contributed by atoms with van der Waals surface area (Å²) in [6.07, 6.45) is 2.25. The van der Waals surface area contributed by atoms with Crippen LogP contribution < -0.4 is 0 Å². The molecule has 1 aliphatic carbocycles. The van der Waals surface area contributed by atoms with Crippen LogP contribution in [-0.2, 0) is 21.5 Å². The lowest BCUT2D eigenvalue weighted by Crippen LogP contribution is -2.33. The first-order valence-electron chi connectivity index (χ1n) is 7.28. The molecule has 0 N–H and O–H groups in total. The Kier molecular flexibility index (Phi) is 4.64. The van der Waals surface area contributed by atoms with E-state index in [0.29, 0.717) is 19.1 Å². The van der Waals surface area contributed by atoms with E-state index in [1.54, 1.807) is 0 Å². The summed E-state index contributed by atoms with van der Waals surface area (Å²) in [6.45, 7) is 4.84. The molecule has 4 heteroatoms. The molecule has 0 spiro atoms. The van der Waals surface area contributed by atoms with Gasteiger partial charge in [0, 0.05) is 12.6 Å². The minimum absolute atomic E-state index is 0.209. The van der Waals surface area contributed by atoms with Crippen molar-refractivity contribution in [2.45, 2.75) is 44.7 Å². The third kappa shape index (κ3) is 3.83.